The molecule has 4 aromatic carbocycles. The fraction of sp³-hybridized carbons (Fsp3) is 0.0909. The van der Waals surface area contributed by atoms with E-state index in [0.717, 1.165) is 11.1 Å². The molecule has 0 radical (unpaired) electrons. The number of aliphatic hydroxyl groups is 1. The minimum Gasteiger partial charge on any atom is -0.388 e. The highest BCUT2D eigenvalue weighted by Gasteiger charge is 2.15. The van der Waals surface area contributed by atoms with Crippen molar-refractivity contribution in [1.82, 2.24) is 0 Å². The Bertz CT molecular complexity index is 1110. The van der Waals surface area contributed by atoms with Gasteiger partial charge in [-0.25, -0.2) is 0 Å². The summed E-state index contributed by atoms with van der Waals surface area (Å²) in [5.41, 5.74) is 2.18. The molecule has 110 valence electrons. The second-order valence-electron chi connectivity index (χ2n) is 6.38. The van der Waals surface area contributed by atoms with Gasteiger partial charge in [0, 0.05) is 0 Å². The molecular weight excluding hydrogens is 280 g/mol. The summed E-state index contributed by atoms with van der Waals surface area (Å²) in [6.07, 6.45) is 4.49. The maximum Gasteiger partial charge on any atom is 0.0830 e. The van der Waals surface area contributed by atoms with E-state index in [2.05, 4.69) is 66.7 Å². The third-order valence-corrected chi connectivity index (χ3v) is 4.88. The van der Waals surface area contributed by atoms with Crippen molar-refractivity contribution in [1.29, 1.82) is 0 Å². The van der Waals surface area contributed by atoms with Crippen LogP contribution in [0.4, 0.5) is 0 Å². The van der Waals surface area contributed by atoms with Crippen molar-refractivity contribution in [3.8, 4) is 0 Å². The van der Waals surface area contributed by atoms with E-state index in [1.54, 1.807) is 0 Å². The molecule has 0 aromatic heterocycles. The third-order valence-electron chi connectivity index (χ3n) is 4.88. The van der Waals surface area contributed by atoms with Crippen LogP contribution in [0.15, 0.2) is 66.7 Å². The molecule has 0 amide bonds. The summed E-state index contributed by atoms with van der Waals surface area (Å²) >= 11 is 0. The second kappa shape index (κ2) is 4.68. The molecule has 0 heterocycles. The standard InChI is InChI=1S/C22H16O/c23-22-7-3-6-16-10-19-11-17-8-14-4-1-2-5-15(14)9-18(17)12-20(19)13-21(16)22/h1-6,8-13,22-23H,7H2. The lowest BCUT2D eigenvalue weighted by atomic mass is 9.90. The summed E-state index contributed by atoms with van der Waals surface area (Å²) in [7, 11) is 0. The van der Waals surface area contributed by atoms with Gasteiger partial charge in [-0.2, -0.15) is 0 Å². The first-order chi connectivity index (χ1) is 11.3. The lowest BCUT2D eigenvalue weighted by Crippen LogP contribution is -2.02. The number of rotatable bonds is 0. The molecule has 1 atom stereocenters. The summed E-state index contributed by atoms with van der Waals surface area (Å²) in [5, 5.41) is 17.7. The highest BCUT2D eigenvalue weighted by Crippen LogP contribution is 2.34. The van der Waals surface area contributed by atoms with E-state index in [1.807, 2.05) is 6.08 Å². The molecule has 1 aliphatic carbocycles. The molecule has 0 aliphatic heterocycles. The first-order valence-electron chi connectivity index (χ1n) is 8.03. The van der Waals surface area contributed by atoms with Crippen LogP contribution in [-0.4, -0.2) is 5.11 Å². The van der Waals surface area contributed by atoms with Gasteiger partial charge in [0.15, 0.2) is 0 Å². The van der Waals surface area contributed by atoms with E-state index in [1.165, 1.54) is 32.3 Å². The number of fused-ring (bicyclic) bond motifs is 4. The van der Waals surface area contributed by atoms with Gasteiger partial charge >= 0.3 is 0 Å². The molecule has 1 N–H and O–H groups in total. The van der Waals surface area contributed by atoms with Crippen molar-refractivity contribution >= 4 is 38.4 Å². The third kappa shape index (κ3) is 1.97. The molecular formula is C22H16O. The Labute approximate surface area is 134 Å². The molecule has 1 unspecified atom stereocenters. The van der Waals surface area contributed by atoms with E-state index in [4.69, 9.17) is 0 Å². The van der Waals surface area contributed by atoms with Crippen LogP contribution < -0.4 is 0 Å². The van der Waals surface area contributed by atoms with Crippen LogP contribution in [0.5, 0.6) is 0 Å². The van der Waals surface area contributed by atoms with Crippen molar-refractivity contribution in [2.45, 2.75) is 12.5 Å². The van der Waals surface area contributed by atoms with Gasteiger partial charge in [0.2, 0.25) is 0 Å². The Balaban J connectivity index is 1.85. The van der Waals surface area contributed by atoms with Crippen LogP contribution >= 0.6 is 0 Å². The Morgan fingerprint density at radius 2 is 1.26 bits per heavy atom. The maximum atomic E-state index is 10.2. The minimum absolute atomic E-state index is 0.383. The quantitative estimate of drug-likeness (QED) is 0.419. The predicted octanol–water partition coefficient (Wildman–Crippen LogP) is 5.60. The highest BCUT2D eigenvalue weighted by atomic mass is 16.3. The van der Waals surface area contributed by atoms with Crippen molar-refractivity contribution in [2.24, 2.45) is 0 Å². The maximum absolute atomic E-state index is 10.2. The second-order valence-corrected chi connectivity index (χ2v) is 6.38. The zero-order chi connectivity index (χ0) is 15.4. The lowest BCUT2D eigenvalue weighted by Gasteiger charge is -2.18. The Morgan fingerprint density at radius 3 is 1.96 bits per heavy atom. The zero-order valence-electron chi connectivity index (χ0n) is 12.7. The summed E-state index contributed by atoms with van der Waals surface area (Å²) < 4.78 is 0. The van der Waals surface area contributed by atoms with Crippen LogP contribution in [0.1, 0.15) is 23.7 Å². The van der Waals surface area contributed by atoms with Crippen LogP contribution in [0.2, 0.25) is 0 Å². The normalized spacial score (nSPS) is 17.0. The van der Waals surface area contributed by atoms with Gasteiger partial charge < -0.3 is 5.11 Å². The average Bonchev–Trinajstić information content (AvgIpc) is 2.57. The fourth-order valence-electron chi connectivity index (χ4n) is 3.66. The molecule has 0 fully saturated rings. The number of hydrogen-bond donors (Lipinski definition) is 1. The summed E-state index contributed by atoms with van der Waals surface area (Å²) in [5.74, 6) is 0. The first-order valence-corrected chi connectivity index (χ1v) is 8.03. The molecule has 1 heteroatoms. The molecule has 4 aromatic rings. The molecule has 0 spiro atoms. The van der Waals surface area contributed by atoms with Gasteiger partial charge in [-0.15, -0.1) is 0 Å². The van der Waals surface area contributed by atoms with Crippen molar-refractivity contribution in [2.75, 3.05) is 0 Å². The molecule has 1 nitrogen and oxygen atoms in total. The van der Waals surface area contributed by atoms with Crippen molar-refractivity contribution < 1.29 is 5.11 Å². The number of hydrogen-bond acceptors (Lipinski definition) is 1. The van der Waals surface area contributed by atoms with E-state index < -0.39 is 0 Å². The van der Waals surface area contributed by atoms with Gasteiger partial charge in [-0.1, -0.05) is 36.4 Å². The van der Waals surface area contributed by atoms with E-state index >= 15 is 0 Å². The molecule has 0 saturated heterocycles. The number of benzene rings is 4. The SMILES string of the molecule is OC1CC=Cc2cc3cc4cc5ccccc5cc4cc3cc21. The van der Waals surface area contributed by atoms with Gasteiger partial charge in [0.05, 0.1) is 6.10 Å². The van der Waals surface area contributed by atoms with Crippen LogP contribution in [-0.2, 0) is 0 Å². The molecule has 5 rings (SSSR count). The minimum atomic E-state index is -0.383. The average molecular weight is 296 g/mol. The Kier molecular flexibility index (Phi) is 2.61. The van der Waals surface area contributed by atoms with Crippen LogP contribution in [0.25, 0.3) is 38.4 Å². The molecule has 0 bridgehead atoms. The van der Waals surface area contributed by atoms with Gasteiger partial charge in [0.1, 0.15) is 0 Å². The van der Waals surface area contributed by atoms with Gasteiger partial charge in [-0.3, -0.25) is 0 Å². The van der Waals surface area contributed by atoms with Gasteiger partial charge in [-0.05, 0) is 86.3 Å². The largest absolute Gasteiger partial charge is 0.388 e. The van der Waals surface area contributed by atoms with Crippen LogP contribution in [0.3, 0.4) is 0 Å². The smallest absolute Gasteiger partial charge is 0.0830 e. The predicted molar refractivity (Wildman–Crippen MR) is 97.6 cm³/mol. The topological polar surface area (TPSA) is 20.2 Å². The Morgan fingerprint density at radius 1 is 0.696 bits per heavy atom. The summed E-state index contributed by atoms with van der Waals surface area (Å²) in [4.78, 5) is 0. The molecule has 1 aliphatic rings. The first kappa shape index (κ1) is 12.9. The summed E-state index contributed by atoms with van der Waals surface area (Å²) in [6.45, 7) is 0. The fourth-order valence-corrected chi connectivity index (χ4v) is 3.66. The highest BCUT2D eigenvalue weighted by molar-refractivity contribution is 6.05. The lowest BCUT2D eigenvalue weighted by molar-refractivity contribution is 0.180. The van der Waals surface area contributed by atoms with E-state index in [-0.39, 0.29) is 6.10 Å². The van der Waals surface area contributed by atoms with E-state index in [9.17, 15) is 5.11 Å². The zero-order valence-corrected chi connectivity index (χ0v) is 12.7. The van der Waals surface area contributed by atoms with E-state index in [0.29, 0.717) is 6.42 Å². The van der Waals surface area contributed by atoms with Gasteiger partial charge in [0.25, 0.3) is 0 Å². The monoisotopic (exact) mass is 296 g/mol. The Hall–Kier alpha value is -2.64. The molecule has 23 heavy (non-hydrogen) atoms. The van der Waals surface area contributed by atoms with Crippen molar-refractivity contribution in [3.63, 3.8) is 0 Å². The summed E-state index contributed by atoms with van der Waals surface area (Å²) in [6, 6.07) is 21.8. The van der Waals surface area contributed by atoms with Crippen LogP contribution in [0, 0.1) is 0 Å². The number of aliphatic hydroxyl groups excluding tert-OH is 1. The van der Waals surface area contributed by atoms with Crippen molar-refractivity contribution in [3.05, 3.63) is 77.9 Å². The molecule has 0 saturated carbocycles.